The molecule has 1 unspecified atom stereocenters. The number of anilines is 1. The zero-order valence-corrected chi connectivity index (χ0v) is 14.0. The summed E-state index contributed by atoms with van der Waals surface area (Å²) in [6, 6.07) is 4.96. The normalized spacial score (nSPS) is 22.5. The Labute approximate surface area is 138 Å². The minimum Gasteiger partial charge on any atom is -0.491 e. The number of carbonyl (C=O) groups is 1. The summed E-state index contributed by atoms with van der Waals surface area (Å²) >= 11 is 18.2. The van der Waals surface area contributed by atoms with Gasteiger partial charge in [-0.2, -0.15) is 0 Å². The summed E-state index contributed by atoms with van der Waals surface area (Å²) in [5.41, 5.74) is 0.272. The van der Waals surface area contributed by atoms with Crippen molar-refractivity contribution in [3.63, 3.8) is 0 Å². The maximum atomic E-state index is 11.3. The molecule has 0 saturated heterocycles. The molecule has 0 aliphatic heterocycles. The summed E-state index contributed by atoms with van der Waals surface area (Å²) in [6.45, 7) is 4.37. The van der Waals surface area contributed by atoms with Crippen LogP contribution in [-0.4, -0.2) is 23.6 Å². The highest BCUT2D eigenvalue weighted by atomic mass is 35.5. The SMILES string of the molecule is CCOC(=O)Nc1ccc(OCC2(C)CC2(Cl)Cl)c(Cl)c1. The van der Waals surface area contributed by atoms with Crippen molar-refractivity contribution in [1.82, 2.24) is 0 Å². The van der Waals surface area contributed by atoms with Crippen LogP contribution in [0.25, 0.3) is 0 Å². The van der Waals surface area contributed by atoms with Crippen molar-refractivity contribution >= 4 is 46.6 Å². The molecule has 1 N–H and O–H groups in total. The molecule has 1 aromatic carbocycles. The first-order valence-corrected chi connectivity index (χ1v) is 7.65. The van der Waals surface area contributed by atoms with Crippen LogP contribution in [0.15, 0.2) is 18.2 Å². The van der Waals surface area contributed by atoms with Crippen LogP contribution < -0.4 is 10.1 Å². The zero-order valence-electron chi connectivity index (χ0n) is 11.7. The lowest BCUT2D eigenvalue weighted by Crippen LogP contribution is -2.16. The molecule has 7 heteroatoms. The lowest BCUT2D eigenvalue weighted by molar-refractivity contribution is 0.168. The van der Waals surface area contributed by atoms with Crippen molar-refractivity contribution in [3.05, 3.63) is 23.2 Å². The van der Waals surface area contributed by atoms with E-state index in [0.29, 0.717) is 36.1 Å². The van der Waals surface area contributed by atoms with E-state index in [0.717, 1.165) is 0 Å². The average molecular weight is 353 g/mol. The predicted molar refractivity (Wildman–Crippen MR) is 84.8 cm³/mol. The number of halogens is 3. The Hall–Kier alpha value is -0.840. The van der Waals surface area contributed by atoms with Crippen LogP contribution in [0.2, 0.25) is 5.02 Å². The molecule has 1 fully saturated rings. The van der Waals surface area contributed by atoms with Crippen LogP contribution in [0, 0.1) is 5.41 Å². The predicted octanol–water partition coefficient (Wildman–Crippen LogP) is 4.87. The van der Waals surface area contributed by atoms with E-state index in [1.165, 1.54) is 0 Å². The van der Waals surface area contributed by atoms with Crippen LogP contribution in [0.3, 0.4) is 0 Å². The van der Waals surface area contributed by atoms with Gasteiger partial charge in [-0.15, -0.1) is 23.2 Å². The van der Waals surface area contributed by atoms with Gasteiger partial charge in [-0.25, -0.2) is 4.79 Å². The molecule has 116 valence electrons. The summed E-state index contributed by atoms with van der Waals surface area (Å²) in [6.07, 6.45) is 0.158. The van der Waals surface area contributed by atoms with Crippen LogP contribution >= 0.6 is 34.8 Å². The number of rotatable bonds is 5. The highest BCUT2D eigenvalue weighted by Crippen LogP contribution is 2.63. The molecule has 4 nitrogen and oxygen atoms in total. The van der Waals surface area contributed by atoms with Crippen molar-refractivity contribution in [3.8, 4) is 5.75 Å². The fourth-order valence-electron chi connectivity index (χ4n) is 1.82. The number of benzene rings is 1. The fraction of sp³-hybridized carbons (Fsp3) is 0.500. The maximum absolute atomic E-state index is 11.3. The van der Waals surface area contributed by atoms with E-state index in [1.54, 1.807) is 25.1 Å². The fourth-order valence-corrected chi connectivity index (χ4v) is 2.75. The smallest absolute Gasteiger partial charge is 0.411 e. The van der Waals surface area contributed by atoms with Gasteiger partial charge in [0.1, 0.15) is 10.1 Å². The van der Waals surface area contributed by atoms with Crippen LogP contribution in [0.4, 0.5) is 10.5 Å². The van der Waals surface area contributed by atoms with Gasteiger partial charge >= 0.3 is 6.09 Å². The van der Waals surface area contributed by atoms with Crippen LogP contribution in [0.5, 0.6) is 5.75 Å². The van der Waals surface area contributed by atoms with Crippen molar-refractivity contribution in [2.45, 2.75) is 24.6 Å². The number of nitrogens with one attached hydrogen (secondary N) is 1. The van der Waals surface area contributed by atoms with Crippen molar-refractivity contribution in [2.24, 2.45) is 5.41 Å². The maximum Gasteiger partial charge on any atom is 0.411 e. The molecule has 1 aliphatic rings. The molecule has 1 atom stereocenters. The second-order valence-electron chi connectivity index (χ2n) is 5.22. The number of amides is 1. The minimum atomic E-state index is -0.731. The van der Waals surface area contributed by atoms with Crippen molar-refractivity contribution < 1.29 is 14.3 Å². The molecule has 2 rings (SSSR count). The average Bonchev–Trinajstić information content (AvgIpc) is 2.87. The van der Waals surface area contributed by atoms with Gasteiger partial charge in [0, 0.05) is 11.1 Å². The summed E-state index contributed by atoms with van der Waals surface area (Å²) in [5, 5.41) is 2.96. The van der Waals surface area contributed by atoms with Gasteiger partial charge < -0.3 is 9.47 Å². The van der Waals surface area contributed by atoms with E-state index in [9.17, 15) is 4.79 Å². The van der Waals surface area contributed by atoms with Crippen LogP contribution in [0.1, 0.15) is 20.3 Å². The molecule has 0 radical (unpaired) electrons. The Morgan fingerprint density at radius 3 is 2.62 bits per heavy atom. The first-order valence-electron chi connectivity index (χ1n) is 6.51. The molecule has 0 spiro atoms. The van der Waals surface area contributed by atoms with Gasteiger partial charge in [-0.05, 0) is 31.5 Å². The number of carbonyl (C=O) groups excluding carboxylic acids is 1. The third-order valence-electron chi connectivity index (χ3n) is 3.37. The summed E-state index contributed by atoms with van der Waals surface area (Å²) in [5.74, 6) is 0.517. The minimum absolute atomic E-state index is 0.263. The highest BCUT2D eigenvalue weighted by molar-refractivity contribution is 6.51. The second-order valence-corrected chi connectivity index (χ2v) is 7.11. The Morgan fingerprint density at radius 1 is 1.43 bits per heavy atom. The Morgan fingerprint density at radius 2 is 2.10 bits per heavy atom. The molecule has 21 heavy (non-hydrogen) atoms. The van der Waals surface area contributed by atoms with E-state index in [2.05, 4.69) is 5.32 Å². The standard InChI is InChI=1S/C14H16Cl3NO3/c1-3-20-12(19)18-9-4-5-11(10(15)6-9)21-8-13(2)7-14(13,16)17/h4-6H,3,7-8H2,1-2H3,(H,18,19). The van der Waals surface area contributed by atoms with E-state index >= 15 is 0 Å². The third-order valence-corrected chi connectivity index (χ3v) is 4.85. The summed E-state index contributed by atoms with van der Waals surface area (Å²) in [4.78, 5) is 11.3. The van der Waals surface area contributed by atoms with Gasteiger partial charge in [-0.3, -0.25) is 5.32 Å². The van der Waals surface area contributed by atoms with E-state index in [1.807, 2.05) is 6.92 Å². The number of hydrogen-bond donors (Lipinski definition) is 1. The van der Waals surface area contributed by atoms with Gasteiger partial charge in [0.2, 0.25) is 0 Å². The zero-order chi connectivity index (χ0) is 15.7. The number of hydrogen-bond acceptors (Lipinski definition) is 3. The van der Waals surface area contributed by atoms with E-state index in [-0.39, 0.29) is 5.41 Å². The highest BCUT2D eigenvalue weighted by Gasteiger charge is 2.63. The van der Waals surface area contributed by atoms with Crippen molar-refractivity contribution in [1.29, 1.82) is 0 Å². The van der Waals surface area contributed by atoms with Crippen LogP contribution in [-0.2, 0) is 4.74 Å². The monoisotopic (exact) mass is 351 g/mol. The summed E-state index contributed by atoms with van der Waals surface area (Å²) in [7, 11) is 0. The van der Waals surface area contributed by atoms with Gasteiger partial charge in [-0.1, -0.05) is 18.5 Å². The quantitative estimate of drug-likeness (QED) is 0.769. The largest absolute Gasteiger partial charge is 0.491 e. The van der Waals surface area contributed by atoms with E-state index in [4.69, 9.17) is 44.3 Å². The molecule has 1 aromatic rings. The first kappa shape index (κ1) is 16.5. The summed E-state index contributed by atoms with van der Waals surface area (Å²) < 4.78 is 9.72. The molecular weight excluding hydrogens is 337 g/mol. The molecule has 1 saturated carbocycles. The molecule has 1 aliphatic carbocycles. The lowest BCUT2D eigenvalue weighted by Gasteiger charge is -2.15. The first-order chi connectivity index (χ1) is 9.77. The number of alkyl halides is 2. The molecule has 1 amide bonds. The van der Waals surface area contributed by atoms with Crippen molar-refractivity contribution in [2.75, 3.05) is 18.5 Å². The molecular formula is C14H16Cl3NO3. The topological polar surface area (TPSA) is 47.6 Å². The number of ether oxygens (including phenoxy) is 2. The van der Waals surface area contributed by atoms with Gasteiger partial charge in [0.05, 0.1) is 18.2 Å². The Kier molecular flexibility index (Phi) is 4.81. The van der Waals surface area contributed by atoms with Gasteiger partial charge in [0.25, 0.3) is 0 Å². The Bertz CT molecular complexity index is 550. The third kappa shape index (κ3) is 3.87. The lowest BCUT2D eigenvalue weighted by atomic mass is 10.2. The molecule has 0 bridgehead atoms. The van der Waals surface area contributed by atoms with Gasteiger partial charge in [0.15, 0.2) is 0 Å². The molecule has 0 heterocycles. The molecule has 0 aromatic heterocycles. The second kappa shape index (κ2) is 6.11. The van der Waals surface area contributed by atoms with E-state index < -0.39 is 10.4 Å². The Balaban J connectivity index is 1.95.